The second kappa shape index (κ2) is 5.01. The van der Waals surface area contributed by atoms with Crippen LogP contribution in [-0.2, 0) is 7.05 Å². The molecule has 0 aliphatic carbocycles. The maximum absolute atomic E-state index is 5.63. The number of methoxy groups -OCH3 is 1. The molecule has 2 aromatic rings. The lowest BCUT2D eigenvalue weighted by atomic mass is 10.2. The lowest BCUT2D eigenvalue weighted by Crippen LogP contribution is -2.11. The molecule has 7 heteroatoms. The summed E-state index contributed by atoms with van der Waals surface area (Å²) >= 11 is 4.96. The number of nitrogens with zero attached hydrogens (tertiary/aromatic N) is 3. The monoisotopic (exact) mass is 264 g/mol. The Morgan fingerprint density at radius 2 is 2.22 bits per heavy atom. The van der Waals surface area contributed by atoms with Crippen molar-refractivity contribution in [2.24, 2.45) is 12.8 Å². The van der Waals surface area contributed by atoms with Gasteiger partial charge in [-0.3, -0.25) is 4.68 Å². The average molecular weight is 264 g/mol. The van der Waals surface area contributed by atoms with E-state index in [2.05, 4.69) is 10.1 Å². The van der Waals surface area contributed by atoms with Gasteiger partial charge in [0.15, 0.2) is 0 Å². The molecule has 2 N–H and O–H groups in total. The van der Waals surface area contributed by atoms with E-state index < -0.39 is 0 Å². The summed E-state index contributed by atoms with van der Waals surface area (Å²) in [6, 6.07) is 5.40. The van der Waals surface area contributed by atoms with E-state index in [4.69, 9.17) is 27.4 Å². The van der Waals surface area contributed by atoms with Gasteiger partial charge in [0.05, 0.1) is 12.7 Å². The van der Waals surface area contributed by atoms with E-state index in [0.717, 1.165) is 0 Å². The summed E-state index contributed by atoms with van der Waals surface area (Å²) in [7, 11) is 3.32. The van der Waals surface area contributed by atoms with Gasteiger partial charge in [0, 0.05) is 13.1 Å². The third kappa shape index (κ3) is 2.57. The molecule has 1 aromatic carbocycles. The summed E-state index contributed by atoms with van der Waals surface area (Å²) in [5.41, 5.74) is 6.24. The number of benzene rings is 1. The van der Waals surface area contributed by atoms with Crippen LogP contribution in [0.15, 0.2) is 24.5 Å². The van der Waals surface area contributed by atoms with Crippen LogP contribution in [0.3, 0.4) is 0 Å². The van der Waals surface area contributed by atoms with Gasteiger partial charge in [-0.2, -0.15) is 4.98 Å². The van der Waals surface area contributed by atoms with Gasteiger partial charge in [-0.05, 0) is 12.1 Å². The van der Waals surface area contributed by atoms with E-state index in [9.17, 15) is 0 Å². The molecular formula is C11H12N4O2S. The van der Waals surface area contributed by atoms with Gasteiger partial charge in [-0.15, -0.1) is 5.10 Å². The Kier molecular flexibility index (Phi) is 3.42. The fourth-order valence-corrected chi connectivity index (χ4v) is 1.55. The molecule has 0 aliphatic heterocycles. The molecular weight excluding hydrogens is 252 g/mol. The van der Waals surface area contributed by atoms with Crippen molar-refractivity contribution in [2.45, 2.75) is 0 Å². The quantitative estimate of drug-likeness (QED) is 0.838. The highest BCUT2D eigenvalue weighted by Crippen LogP contribution is 2.27. The van der Waals surface area contributed by atoms with Gasteiger partial charge in [-0.1, -0.05) is 12.2 Å². The molecule has 1 aromatic heterocycles. The molecule has 0 amide bonds. The van der Waals surface area contributed by atoms with E-state index in [1.165, 1.54) is 11.0 Å². The SMILES string of the molecule is COc1ccc(C(N)=S)c(Oc2ncn(C)n2)c1. The summed E-state index contributed by atoms with van der Waals surface area (Å²) in [5, 5.41) is 4.02. The first-order valence-electron chi connectivity index (χ1n) is 5.11. The van der Waals surface area contributed by atoms with Crippen LogP contribution in [0, 0.1) is 0 Å². The predicted molar refractivity (Wildman–Crippen MR) is 70.0 cm³/mol. The molecule has 0 bridgehead atoms. The van der Waals surface area contributed by atoms with Crippen LogP contribution in [0.2, 0.25) is 0 Å². The summed E-state index contributed by atoms with van der Waals surface area (Å²) in [4.78, 5) is 4.21. The fourth-order valence-electron chi connectivity index (χ4n) is 1.38. The second-order valence-corrected chi connectivity index (χ2v) is 3.97. The van der Waals surface area contributed by atoms with Crippen LogP contribution in [0.25, 0.3) is 0 Å². The van der Waals surface area contributed by atoms with Crippen LogP contribution in [0.4, 0.5) is 0 Å². The maximum Gasteiger partial charge on any atom is 0.341 e. The maximum atomic E-state index is 5.63. The van der Waals surface area contributed by atoms with E-state index in [-0.39, 0.29) is 11.0 Å². The molecule has 0 fully saturated rings. The highest BCUT2D eigenvalue weighted by atomic mass is 32.1. The lowest BCUT2D eigenvalue weighted by Gasteiger charge is -2.09. The third-order valence-corrected chi connectivity index (χ3v) is 2.45. The zero-order valence-electron chi connectivity index (χ0n) is 9.95. The number of ether oxygens (including phenoxy) is 2. The van der Waals surface area contributed by atoms with Gasteiger partial charge in [0.2, 0.25) is 0 Å². The van der Waals surface area contributed by atoms with Gasteiger partial charge >= 0.3 is 6.01 Å². The first kappa shape index (κ1) is 12.3. The number of rotatable bonds is 4. The molecule has 18 heavy (non-hydrogen) atoms. The minimum Gasteiger partial charge on any atom is -0.497 e. The first-order chi connectivity index (χ1) is 8.60. The van der Waals surface area contributed by atoms with Crippen LogP contribution in [0.5, 0.6) is 17.5 Å². The van der Waals surface area contributed by atoms with Gasteiger partial charge in [-0.25, -0.2) is 0 Å². The average Bonchev–Trinajstić information content (AvgIpc) is 2.74. The van der Waals surface area contributed by atoms with Crippen LogP contribution in [-0.4, -0.2) is 26.9 Å². The molecule has 0 saturated carbocycles. The topological polar surface area (TPSA) is 75.2 Å². The molecule has 0 radical (unpaired) electrons. The second-order valence-electron chi connectivity index (χ2n) is 3.53. The van der Waals surface area contributed by atoms with Crippen LogP contribution >= 0.6 is 12.2 Å². The largest absolute Gasteiger partial charge is 0.497 e. The Morgan fingerprint density at radius 1 is 1.44 bits per heavy atom. The van der Waals surface area contributed by atoms with E-state index in [1.807, 2.05) is 0 Å². The summed E-state index contributed by atoms with van der Waals surface area (Å²) in [5.74, 6) is 1.11. The Balaban J connectivity index is 2.37. The fraction of sp³-hybridized carbons (Fsp3) is 0.182. The molecule has 94 valence electrons. The van der Waals surface area contributed by atoms with Crippen LogP contribution in [0.1, 0.15) is 5.56 Å². The van der Waals surface area contributed by atoms with Gasteiger partial charge in [0.1, 0.15) is 22.8 Å². The first-order valence-corrected chi connectivity index (χ1v) is 5.52. The molecule has 0 spiro atoms. The number of aryl methyl sites for hydroxylation is 1. The van der Waals surface area contributed by atoms with Crippen molar-refractivity contribution in [2.75, 3.05) is 7.11 Å². The van der Waals surface area contributed by atoms with E-state index in [0.29, 0.717) is 17.1 Å². The zero-order valence-corrected chi connectivity index (χ0v) is 10.8. The van der Waals surface area contributed by atoms with Crippen molar-refractivity contribution < 1.29 is 9.47 Å². The van der Waals surface area contributed by atoms with Crippen molar-refractivity contribution in [3.8, 4) is 17.5 Å². The van der Waals surface area contributed by atoms with Crippen molar-refractivity contribution in [3.05, 3.63) is 30.1 Å². The van der Waals surface area contributed by atoms with Crippen molar-refractivity contribution in [1.82, 2.24) is 14.8 Å². The summed E-state index contributed by atoms with van der Waals surface area (Å²) in [6.45, 7) is 0. The molecule has 2 rings (SSSR count). The highest BCUT2D eigenvalue weighted by molar-refractivity contribution is 7.80. The standard InChI is InChI=1S/C11H12N4O2S/c1-15-6-13-11(14-15)17-9-5-7(16-2)3-4-8(9)10(12)18/h3-6H,1-2H3,(H2,12,18). The van der Waals surface area contributed by atoms with Gasteiger partial charge < -0.3 is 15.2 Å². The Labute approximate surface area is 109 Å². The number of hydrogen-bond acceptors (Lipinski definition) is 5. The predicted octanol–water partition coefficient (Wildman–Crippen LogP) is 1.25. The highest BCUT2D eigenvalue weighted by Gasteiger charge is 2.11. The van der Waals surface area contributed by atoms with Crippen molar-refractivity contribution >= 4 is 17.2 Å². The Bertz CT molecular complexity index is 582. The zero-order chi connectivity index (χ0) is 13.1. The number of thiocarbonyl (C=S) groups is 1. The summed E-state index contributed by atoms with van der Waals surface area (Å²) < 4.78 is 12.2. The third-order valence-electron chi connectivity index (χ3n) is 2.23. The summed E-state index contributed by atoms with van der Waals surface area (Å²) in [6.07, 6.45) is 1.54. The molecule has 0 unspecified atom stereocenters. The minimum atomic E-state index is 0.225. The Hall–Kier alpha value is -2.15. The molecule has 0 saturated heterocycles. The molecule has 0 aliphatic rings. The molecule has 6 nitrogen and oxygen atoms in total. The van der Waals surface area contributed by atoms with E-state index in [1.54, 1.807) is 32.4 Å². The lowest BCUT2D eigenvalue weighted by molar-refractivity contribution is 0.403. The van der Waals surface area contributed by atoms with Crippen LogP contribution < -0.4 is 15.2 Å². The molecule has 0 atom stereocenters. The normalized spacial score (nSPS) is 10.1. The Morgan fingerprint density at radius 3 is 2.78 bits per heavy atom. The van der Waals surface area contributed by atoms with E-state index >= 15 is 0 Å². The minimum absolute atomic E-state index is 0.225. The molecule has 1 heterocycles. The number of hydrogen-bond donors (Lipinski definition) is 1. The number of nitrogens with two attached hydrogens (primary N) is 1. The van der Waals surface area contributed by atoms with Gasteiger partial charge in [0.25, 0.3) is 0 Å². The van der Waals surface area contributed by atoms with Crippen molar-refractivity contribution in [3.63, 3.8) is 0 Å². The van der Waals surface area contributed by atoms with Crippen molar-refractivity contribution in [1.29, 1.82) is 0 Å². The number of aromatic nitrogens is 3. The smallest absolute Gasteiger partial charge is 0.341 e.